The van der Waals surface area contributed by atoms with Crippen LogP contribution in [-0.2, 0) is 6.18 Å². The molecule has 0 aliphatic rings. The fourth-order valence-corrected chi connectivity index (χ4v) is 2.46. The van der Waals surface area contributed by atoms with Crippen LogP contribution in [0.3, 0.4) is 0 Å². The average molecular weight is 378 g/mol. The number of rotatable bonds is 6. The molecule has 2 rings (SSSR count). The van der Waals surface area contributed by atoms with E-state index in [1.807, 2.05) is 6.92 Å². The van der Waals surface area contributed by atoms with Crippen molar-refractivity contribution >= 4 is 17.5 Å². The van der Waals surface area contributed by atoms with E-state index in [1.165, 1.54) is 18.2 Å². The zero-order valence-corrected chi connectivity index (χ0v) is 15.1. The molecule has 2 aromatic rings. The maximum Gasteiger partial charge on any atom is 0.416 e. The molecule has 0 heterocycles. The Balaban J connectivity index is 2.10. The van der Waals surface area contributed by atoms with Gasteiger partial charge in [-0.05, 0) is 48.9 Å². The number of hydrogen-bond acceptors (Lipinski definition) is 2. The minimum Gasteiger partial charge on any atom is -0.342 e. The average Bonchev–Trinajstić information content (AvgIpc) is 2.65. The number of carbonyl (C=O) groups excluding carboxylic acids is 2. The first kappa shape index (κ1) is 20.5. The number of carbonyl (C=O) groups is 2. The Labute approximate surface area is 156 Å². The molecule has 7 heteroatoms. The van der Waals surface area contributed by atoms with E-state index in [1.54, 1.807) is 30.1 Å². The number of nitrogens with zero attached hydrogens (tertiary/aromatic N) is 1. The Morgan fingerprint density at radius 3 is 2.26 bits per heavy atom. The van der Waals surface area contributed by atoms with Crippen molar-refractivity contribution in [1.82, 2.24) is 4.90 Å². The number of amides is 2. The van der Waals surface area contributed by atoms with Crippen LogP contribution in [0.4, 0.5) is 18.9 Å². The first-order chi connectivity index (χ1) is 12.7. The topological polar surface area (TPSA) is 49.4 Å². The highest BCUT2D eigenvalue weighted by Gasteiger charge is 2.30. The largest absolute Gasteiger partial charge is 0.416 e. The van der Waals surface area contributed by atoms with Crippen LogP contribution in [0.25, 0.3) is 0 Å². The van der Waals surface area contributed by atoms with Crippen LogP contribution < -0.4 is 5.32 Å². The van der Waals surface area contributed by atoms with Crippen LogP contribution >= 0.6 is 0 Å². The highest BCUT2D eigenvalue weighted by atomic mass is 19.4. The fraction of sp³-hybridized carbons (Fsp3) is 0.300. The zero-order chi connectivity index (χ0) is 20.0. The quantitative estimate of drug-likeness (QED) is 0.783. The van der Waals surface area contributed by atoms with Crippen LogP contribution in [0.2, 0.25) is 0 Å². The van der Waals surface area contributed by atoms with Gasteiger partial charge in [-0.3, -0.25) is 9.59 Å². The standard InChI is InChI=1S/C20H21F3N2O2/c1-3-4-12-25(2)19(27)15-7-5-6-14(13-15)18(26)24-17-10-8-16(9-11-17)20(21,22)23/h5-11,13H,3-4,12H2,1-2H3,(H,24,26). The van der Waals surface area contributed by atoms with Crippen molar-refractivity contribution in [3.8, 4) is 0 Å². The van der Waals surface area contributed by atoms with Gasteiger partial charge >= 0.3 is 6.18 Å². The summed E-state index contributed by atoms with van der Waals surface area (Å²) < 4.78 is 37.8. The lowest BCUT2D eigenvalue weighted by atomic mass is 10.1. The molecular weight excluding hydrogens is 357 g/mol. The van der Waals surface area contributed by atoms with Gasteiger partial charge in [0, 0.05) is 30.4 Å². The van der Waals surface area contributed by atoms with Crippen molar-refractivity contribution in [3.05, 3.63) is 65.2 Å². The molecule has 2 aromatic carbocycles. The van der Waals surface area contributed by atoms with E-state index in [2.05, 4.69) is 5.32 Å². The molecule has 1 N–H and O–H groups in total. The molecule has 0 bridgehead atoms. The van der Waals surface area contributed by atoms with Gasteiger partial charge in [0.2, 0.25) is 0 Å². The third-order valence-corrected chi connectivity index (χ3v) is 4.04. The second kappa shape index (κ2) is 8.70. The van der Waals surface area contributed by atoms with E-state index in [0.29, 0.717) is 12.1 Å². The molecule has 4 nitrogen and oxygen atoms in total. The lowest BCUT2D eigenvalue weighted by Gasteiger charge is -2.17. The fourth-order valence-electron chi connectivity index (χ4n) is 2.46. The van der Waals surface area contributed by atoms with Gasteiger partial charge in [-0.15, -0.1) is 0 Å². The minimum atomic E-state index is -4.43. The number of nitrogens with one attached hydrogen (secondary N) is 1. The summed E-state index contributed by atoms with van der Waals surface area (Å²) in [6.07, 6.45) is -2.58. The smallest absolute Gasteiger partial charge is 0.342 e. The third kappa shape index (κ3) is 5.57. The second-order valence-electron chi connectivity index (χ2n) is 6.19. The van der Waals surface area contributed by atoms with Crippen molar-refractivity contribution in [1.29, 1.82) is 0 Å². The van der Waals surface area contributed by atoms with Crippen LogP contribution in [0, 0.1) is 0 Å². The van der Waals surface area contributed by atoms with Gasteiger partial charge in [-0.25, -0.2) is 0 Å². The first-order valence-electron chi connectivity index (χ1n) is 8.56. The summed E-state index contributed by atoms with van der Waals surface area (Å²) in [5, 5.41) is 2.54. The summed E-state index contributed by atoms with van der Waals surface area (Å²) in [6.45, 7) is 2.65. The summed E-state index contributed by atoms with van der Waals surface area (Å²) in [4.78, 5) is 26.4. The monoisotopic (exact) mass is 378 g/mol. The zero-order valence-electron chi connectivity index (χ0n) is 15.1. The number of alkyl halides is 3. The van der Waals surface area contributed by atoms with Gasteiger partial charge in [-0.1, -0.05) is 19.4 Å². The van der Waals surface area contributed by atoms with Gasteiger partial charge in [-0.2, -0.15) is 13.2 Å². The van der Waals surface area contributed by atoms with Crippen LogP contribution in [0.1, 0.15) is 46.0 Å². The maximum atomic E-state index is 12.6. The molecule has 0 saturated heterocycles. The highest BCUT2D eigenvalue weighted by Crippen LogP contribution is 2.29. The molecule has 0 fully saturated rings. The number of benzene rings is 2. The first-order valence-corrected chi connectivity index (χ1v) is 8.56. The van der Waals surface area contributed by atoms with E-state index in [-0.39, 0.29) is 17.2 Å². The number of unbranched alkanes of at least 4 members (excludes halogenated alkanes) is 1. The van der Waals surface area contributed by atoms with E-state index < -0.39 is 17.6 Å². The second-order valence-corrected chi connectivity index (χ2v) is 6.19. The van der Waals surface area contributed by atoms with E-state index in [4.69, 9.17) is 0 Å². The SMILES string of the molecule is CCCCN(C)C(=O)c1cccc(C(=O)Nc2ccc(C(F)(F)F)cc2)c1. The van der Waals surface area contributed by atoms with Gasteiger partial charge < -0.3 is 10.2 Å². The molecule has 0 atom stereocenters. The molecule has 144 valence electrons. The number of hydrogen-bond donors (Lipinski definition) is 1. The molecule has 0 aromatic heterocycles. The Morgan fingerprint density at radius 2 is 1.67 bits per heavy atom. The summed E-state index contributed by atoms with van der Waals surface area (Å²) >= 11 is 0. The predicted molar refractivity (Wildman–Crippen MR) is 97.7 cm³/mol. The Morgan fingerprint density at radius 1 is 1.04 bits per heavy atom. The Bertz CT molecular complexity index is 802. The molecule has 2 amide bonds. The normalized spacial score (nSPS) is 11.1. The molecule has 27 heavy (non-hydrogen) atoms. The van der Waals surface area contributed by atoms with Crippen LogP contribution in [0.15, 0.2) is 48.5 Å². The number of halogens is 3. The Hall–Kier alpha value is -2.83. The summed E-state index contributed by atoms with van der Waals surface area (Å²) in [5.41, 5.74) is 0.0892. The molecule has 0 aliphatic heterocycles. The van der Waals surface area contributed by atoms with E-state index in [9.17, 15) is 22.8 Å². The molecule has 0 spiro atoms. The maximum absolute atomic E-state index is 12.6. The third-order valence-electron chi connectivity index (χ3n) is 4.04. The van der Waals surface area contributed by atoms with E-state index >= 15 is 0 Å². The molecule has 0 saturated carbocycles. The van der Waals surface area contributed by atoms with Gasteiger partial charge in [0.15, 0.2) is 0 Å². The van der Waals surface area contributed by atoms with Gasteiger partial charge in [0.05, 0.1) is 5.56 Å². The van der Waals surface area contributed by atoms with Gasteiger partial charge in [0.25, 0.3) is 11.8 Å². The van der Waals surface area contributed by atoms with Crippen LogP contribution in [0.5, 0.6) is 0 Å². The summed E-state index contributed by atoms with van der Waals surface area (Å²) in [5.74, 6) is -0.687. The molecule has 0 unspecified atom stereocenters. The van der Waals surface area contributed by atoms with Crippen molar-refractivity contribution < 1.29 is 22.8 Å². The van der Waals surface area contributed by atoms with Gasteiger partial charge in [0.1, 0.15) is 0 Å². The summed E-state index contributed by atoms with van der Waals surface area (Å²) in [7, 11) is 1.70. The molecular formula is C20H21F3N2O2. The van der Waals surface area contributed by atoms with Crippen molar-refractivity contribution in [2.45, 2.75) is 25.9 Å². The lowest BCUT2D eigenvalue weighted by molar-refractivity contribution is -0.137. The van der Waals surface area contributed by atoms with Crippen molar-refractivity contribution in [2.75, 3.05) is 18.9 Å². The predicted octanol–water partition coefficient (Wildman–Crippen LogP) is 4.83. The highest BCUT2D eigenvalue weighted by molar-refractivity contribution is 6.06. The Kier molecular flexibility index (Phi) is 6.60. The van der Waals surface area contributed by atoms with Crippen LogP contribution in [-0.4, -0.2) is 30.3 Å². The summed E-state index contributed by atoms with van der Waals surface area (Å²) in [6, 6.07) is 10.4. The number of anilines is 1. The molecule has 0 radical (unpaired) electrons. The van der Waals surface area contributed by atoms with Crippen molar-refractivity contribution in [2.24, 2.45) is 0 Å². The lowest BCUT2D eigenvalue weighted by Crippen LogP contribution is -2.28. The minimum absolute atomic E-state index is 0.187. The van der Waals surface area contributed by atoms with Crippen molar-refractivity contribution in [3.63, 3.8) is 0 Å². The molecule has 0 aliphatic carbocycles. The van der Waals surface area contributed by atoms with E-state index in [0.717, 1.165) is 25.0 Å².